The van der Waals surface area contributed by atoms with Crippen LogP contribution in [0.2, 0.25) is 0 Å². The molecular formula is C23H16BrN3O2. The topological polar surface area (TPSA) is 64.1 Å². The Balaban J connectivity index is 1.50. The van der Waals surface area contributed by atoms with Crippen molar-refractivity contribution in [1.29, 1.82) is 0 Å². The fraction of sp³-hybridized carbons (Fsp3) is 0. The molecule has 3 aromatic carbocycles. The van der Waals surface area contributed by atoms with Gasteiger partial charge < -0.3 is 10.1 Å². The molecule has 0 aliphatic carbocycles. The number of carbonyl (C=O) groups is 1. The summed E-state index contributed by atoms with van der Waals surface area (Å²) in [6.07, 6.45) is 1.46. The van der Waals surface area contributed by atoms with Gasteiger partial charge in [-0.1, -0.05) is 52.3 Å². The van der Waals surface area contributed by atoms with Gasteiger partial charge in [0, 0.05) is 27.4 Å². The first-order valence-corrected chi connectivity index (χ1v) is 9.69. The minimum atomic E-state index is -0.217. The second-order valence-corrected chi connectivity index (χ2v) is 7.11. The van der Waals surface area contributed by atoms with E-state index in [0.717, 1.165) is 15.7 Å². The molecule has 0 spiro atoms. The summed E-state index contributed by atoms with van der Waals surface area (Å²) in [6.45, 7) is 0. The molecule has 1 N–H and O–H groups in total. The summed E-state index contributed by atoms with van der Waals surface area (Å²) < 4.78 is 6.81. The third-order valence-electron chi connectivity index (χ3n) is 4.13. The van der Waals surface area contributed by atoms with E-state index in [0.29, 0.717) is 22.9 Å². The average molecular weight is 446 g/mol. The maximum atomic E-state index is 12.5. The van der Waals surface area contributed by atoms with Crippen LogP contribution in [0.15, 0.2) is 95.7 Å². The van der Waals surface area contributed by atoms with Gasteiger partial charge in [0.05, 0.1) is 5.69 Å². The number of rotatable bonds is 5. The maximum Gasteiger partial charge on any atom is 0.255 e. The summed E-state index contributed by atoms with van der Waals surface area (Å²) >= 11 is 3.38. The number of carbonyl (C=O) groups excluding carboxylic acids is 1. The summed E-state index contributed by atoms with van der Waals surface area (Å²) in [5.74, 6) is 0.709. The molecule has 0 bridgehead atoms. The van der Waals surface area contributed by atoms with Crippen LogP contribution >= 0.6 is 15.9 Å². The van der Waals surface area contributed by atoms with Gasteiger partial charge in [-0.05, 0) is 42.5 Å². The number of ether oxygens (including phenoxy) is 1. The zero-order valence-corrected chi connectivity index (χ0v) is 16.8. The summed E-state index contributed by atoms with van der Waals surface area (Å²) in [5.41, 5.74) is 2.94. The first kappa shape index (κ1) is 18.8. The van der Waals surface area contributed by atoms with Crippen molar-refractivity contribution in [2.75, 3.05) is 5.32 Å². The van der Waals surface area contributed by atoms with Crippen LogP contribution in [0.5, 0.6) is 11.6 Å². The SMILES string of the molecule is O=C(Nc1ccc(Br)cc1)c1cccc(Oc2cc(-c3ccccc3)ncn2)c1. The summed E-state index contributed by atoms with van der Waals surface area (Å²) in [6, 6.07) is 25.9. The van der Waals surface area contributed by atoms with Crippen LogP contribution in [0.4, 0.5) is 5.69 Å². The summed E-state index contributed by atoms with van der Waals surface area (Å²) in [5, 5.41) is 2.87. The fourth-order valence-electron chi connectivity index (χ4n) is 2.72. The average Bonchev–Trinajstić information content (AvgIpc) is 2.76. The molecule has 4 rings (SSSR count). The predicted octanol–water partition coefficient (Wildman–Crippen LogP) is 5.95. The Hall–Kier alpha value is -3.51. The van der Waals surface area contributed by atoms with E-state index in [9.17, 15) is 4.79 Å². The fourth-order valence-corrected chi connectivity index (χ4v) is 2.98. The van der Waals surface area contributed by atoms with Gasteiger partial charge >= 0.3 is 0 Å². The molecule has 6 heteroatoms. The lowest BCUT2D eigenvalue weighted by Gasteiger charge is -2.09. The second kappa shape index (κ2) is 8.67. The Morgan fingerprint density at radius 2 is 1.66 bits per heavy atom. The molecule has 0 aliphatic heterocycles. The van der Waals surface area contributed by atoms with E-state index >= 15 is 0 Å². The number of aromatic nitrogens is 2. The van der Waals surface area contributed by atoms with E-state index in [2.05, 4.69) is 31.2 Å². The molecule has 0 aliphatic rings. The normalized spacial score (nSPS) is 10.4. The number of halogens is 1. The zero-order valence-electron chi connectivity index (χ0n) is 15.2. The van der Waals surface area contributed by atoms with E-state index in [1.54, 1.807) is 30.3 Å². The van der Waals surface area contributed by atoms with Crippen LogP contribution in [0.3, 0.4) is 0 Å². The number of hydrogen-bond donors (Lipinski definition) is 1. The number of hydrogen-bond acceptors (Lipinski definition) is 4. The standard InChI is InChI=1S/C23H16BrN3O2/c24-18-9-11-19(12-10-18)27-23(28)17-7-4-8-20(13-17)29-22-14-21(25-15-26-22)16-5-2-1-3-6-16/h1-15H,(H,27,28). The van der Waals surface area contributed by atoms with Crippen LogP contribution in [-0.2, 0) is 0 Å². The predicted molar refractivity (Wildman–Crippen MR) is 116 cm³/mol. The number of nitrogens with one attached hydrogen (secondary N) is 1. The van der Waals surface area contributed by atoms with Gasteiger partial charge in [-0.2, -0.15) is 0 Å². The highest BCUT2D eigenvalue weighted by Crippen LogP contribution is 2.24. The lowest BCUT2D eigenvalue weighted by atomic mass is 10.1. The third-order valence-corrected chi connectivity index (χ3v) is 4.66. The first-order valence-electron chi connectivity index (χ1n) is 8.90. The Bertz CT molecular complexity index is 1130. The van der Waals surface area contributed by atoms with E-state index < -0.39 is 0 Å². The van der Waals surface area contributed by atoms with E-state index in [1.807, 2.05) is 54.6 Å². The summed E-state index contributed by atoms with van der Waals surface area (Å²) in [7, 11) is 0. The van der Waals surface area contributed by atoms with Crippen LogP contribution in [-0.4, -0.2) is 15.9 Å². The Kier molecular flexibility index (Phi) is 5.63. The van der Waals surface area contributed by atoms with E-state index in [1.165, 1.54) is 6.33 Å². The van der Waals surface area contributed by atoms with Gasteiger partial charge in [0.15, 0.2) is 0 Å². The van der Waals surface area contributed by atoms with Crippen LogP contribution in [0.1, 0.15) is 10.4 Å². The second-order valence-electron chi connectivity index (χ2n) is 6.20. The Labute approximate surface area is 176 Å². The molecule has 0 fully saturated rings. The molecule has 0 saturated heterocycles. The van der Waals surface area contributed by atoms with Gasteiger partial charge in [0.25, 0.3) is 5.91 Å². The number of benzene rings is 3. The van der Waals surface area contributed by atoms with Crippen LogP contribution in [0.25, 0.3) is 11.3 Å². The van der Waals surface area contributed by atoms with Crippen molar-refractivity contribution in [2.45, 2.75) is 0 Å². The minimum absolute atomic E-state index is 0.217. The van der Waals surface area contributed by atoms with Gasteiger partial charge in [-0.15, -0.1) is 0 Å². The molecule has 0 radical (unpaired) electrons. The molecule has 5 nitrogen and oxygen atoms in total. The minimum Gasteiger partial charge on any atom is -0.439 e. The van der Waals surface area contributed by atoms with Crippen molar-refractivity contribution >= 4 is 27.5 Å². The van der Waals surface area contributed by atoms with Crippen molar-refractivity contribution in [2.24, 2.45) is 0 Å². The van der Waals surface area contributed by atoms with Gasteiger partial charge in [-0.3, -0.25) is 4.79 Å². The lowest BCUT2D eigenvalue weighted by molar-refractivity contribution is 0.102. The molecule has 1 aromatic heterocycles. The molecule has 1 amide bonds. The molecule has 0 unspecified atom stereocenters. The first-order chi connectivity index (χ1) is 14.2. The van der Waals surface area contributed by atoms with Gasteiger partial charge in [0.1, 0.15) is 12.1 Å². The van der Waals surface area contributed by atoms with Crippen LogP contribution in [0, 0.1) is 0 Å². The highest BCUT2D eigenvalue weighted by Gasteiger charge is 2.09. The molecule has 1 heterocycles. The van der Waals surface area contributed by atoms with Gasteiger partial charge in [-0.25, -0.2) is 9.97 Å². The van der Waals surface area contributed by atoms with Crippen molar-refractivity contribution in [3.63, 3.8) is 0 Å². The smallest absolute Gasteiger partial charge is 0.255 e. The third kappa shape index (κ3) is 4.86. The van der Waals surface area contributed by atoms with Crippen molar-refractivity contribution < 1.29 is 9.53 Å². The highest BCUT2D eigenvalue weighted by molar-refractivity contribution is 9.10. The van der Waals surface area contributed by atoms with Crippen molar-refractivity contribution in [3.8, 4) is 22.9 Å². The molecule has 0 atom stereocenters. The Morgan fingerprint density at radius 1 is 0.862 bits per heavy atom. The molecule has 29 heavy (non-hydrogen) atoms. The molecule has 4 aromatic rings. The molecular weight excluding hydrogens is 430 g/mol. The van der Waals surface area contributed by atoms with Gasteiger partial charge in [0.2, 0.25) is 5.88 Å². The Morgan fingerprint density at radius 3 is 2.45 bits per heavy atom. The quantitative estimate of drug-likeness (QED) is 0.412. The maximum absolute atomic E-state index is 12.5. The lowest BCUT2D eigenvalue weighted by Crippen LogP contribution is -2.11. The number of amides is 1. The van der Waals surface area contributed by atoms with Crippen LogP contribution < -0.4 is 10.1 Å². The molecule has 142 valence electrons. The largest absolute Gasteiger partial charge is 0.439 e. The number of anilines is 1. The van der Waals surface area contributed by atoms with E-state index in [-0.39, 0.29) is 5.91 Å². The van der Waals surface area contributed by atoms with E-state index in [4.69, 9.17) is 4.74 Å². The van der Waals surface area contributed by atoms with Crippen molar-refractivity contribution in [1.82, 2.24) is 9.97 Å². The monoisotopic (exact) mass is 445 g/mol. The van der Waals surface area contributed by atoms with Crippen molar-refractivity contribution in [3.05, 3.63) is 101 Å². The highest BCUT2D eigenvalue weighted by atomic mass is 79.9. The molecule has 0 saturated carbocycles. The summed E-state index contributed by atoms with van der Waals surface area (Å²) in [4.78, 5) is 21.0. The zero-order chi connectivity index (χ0) is 20.1. The number of nitrogens with zero attached hydrogens (tertiary/aromatic N) is 2.